The van der Waals surface area contributed by atoms with Crippen LogP contribution in [0.25, 0.3) is 0 Å². The Labute approximate surface area is 287 Å². The number of aliphatic hydroxyl groups is 2. The molecule has 0 radical (unpaired) electrons. The van der Waals surface area contributed by atoms with Crippen LogP contribution in [0.1, 0.15) is 107 Å². The first-order valence-corrected chi connectivity index (χ1v) is 18.5. The third kappa shape index (κ3) is 6.40. The highest BCUT2D eigenvalue weighted by atomic mass is 16.7. The molecule has 5 heterocycles. The molecule has 3 N–H and O–H groups in total. The minimum atomic E-state index is -1.48. The maximum atomic E-state index is 11.9. The number of carboxylic acid groups (broad SMARTS) is 1. The largest absolute Gasteiger partial charge is 0.481 e. The summed E-state index contributed by atoms with van der Waals surface area (Å²) in [6, 6.07) is 0. The molecule has 18 atom stereocenters. The Balaban J connectivity index is 1.28. The van der Waals surface area contributed by atoms with Crippen LogP contribution in [-0.4, -0.2) is 107 Å². The molecule has 1 spiro atoms. The van der Waals surface area contributed by atoms with Gasteiger partial charge in [-0.1, -0.05) is 41.5 Å². The molecule has 11 nitrogen and oxygen atoms in total. The second-order valence-corrected chi connectivity index (χ2v) is 16.6. The van der Waals surface area contributed by atoms with Crippen molar-refractivity contribution in [2.24, 2.45) is 35.5 Å². The molecule has 0 aromatic heterocycles. The summed E-state index contributed by atoms with van der Waals surface area (Å²) in [5.74, 6) is -4.30. The van der Waals surface area contributed by atoms with Crippen molar-refractivity contribution in [2.75, 3.05) is 14.2 Å². The summed E-state index contributed by atoms with van der Waals surface area (Å²) < 4.78 is 45.6. The van der Waals surface area contributed by atoms with Crippen molar-refractivity contribution in [3.63, 3.8) is 0 Å². The van der Waals surface area contributed by atoms with E-state index in [0.29, 0.717) is 25.7 Å². The molecule has 5 aliphatic heterocycles. The number of hydrogen-bond donors (Lipinski definition) is 3. The van der Waals surface area contributed by atoms with E-state index in [-0.39, 0.29) is 60.1 Å². The lowest BCUT2D eigenvalue weighted by molar-refractivity contribution is -0.346. The Hall–Kier alpha value is -0.890. The van der Waals surface area contributed by atoms with Crippen LogP contribution in [-0.2, 0) is 38.0 Å². The standard InChI is InChI=1S/C37H64O11/c1-12-27(38)35(9)18-20(3)37(41,48-35)28-17-19(2)32(44-28)34(8)15-13-25(45-34)26-14-16-36(46-26)24(7)31(43-11)22(5)30(47-36)21(4)29(42-10)23(6)33(39)40/h19-32,38,41H,12-18H2,1-11H3,(H,39,40)/t19-,20-,21-,22-,23-,24+,25+,26-,27+,28+,29?,30+,31+,32?,34-,35-,36-,37-/m0/s1. The van der Waals surface area contributed by atoms with Crippen LogP contribution < -0.4 is 0 Å². The fraction of sp³-hybridized carbons (Fsp3) is 0.973. The van der Waals surface area contributed by atoms with E-state index in [2.05, 4.69) is 27.7 Å². The molecule has 48 heavy (non-hydrogen) atoms. The zero-order chi connectivity index (χ0) is 35.6. The van der Waals surface area contributed by atoms with E-state index in [0.717, 1.165) is 19.3 Å². The van der Waals surface area contributed by atoms with Gasteiger partial charge in [0, 0.05) is 44.3 Å². The van der Waals surface area contributed by atoms with Gasteiger partial charge in [0.2, 0.25) is 0 Å². The molecular formula is C37H64O11. The van der Waals surface area contributed by atoms with Crippen LogP contribution in [0, 0.1) is 35.5 Å². The first kappa shape index (κ1) is 38.3. The van der Waals surface area contributed by atoms with Gasteiger partial charge in [0.15, 0.2) is 11.6 Å². The van der Waals surface area contributed by atoms with Crippen molar-refractivity contribution < 1.29 is 53.3 Å². The third-order valence-electron chi connectivity index (χ3n) is 13.3. The molecule has 0 aromatic rings. The Morgan fingerprint density at radius 3 is 2.25 bits per heavy atom. The van der Waals surface area contributed by atoms with Crippen LogP contribution in [0.15, 0.2) is 0 Å². The van der Waals surface area contributed by atoms with Crippen molar-refractivity contribution in [3.05, 3.63) is 0 Å². The fourth-order valence-corrected chi connectivity index (χ4v) is 10.4. The third-order valence-corrected chi connectivity index (χ3v) is 13.3. The number of ether oxygens (including phenoxy) is 7. The minimum Gasteiger partial charge on any atom is -0.481 e. The maximum absolute atomic E-state index is 11.9. The normalized spacial score (nSPS) is 50.5. The van der Waals surface area contributed by atoms with Gasteiger partial charge < -0.3 is 48.5 Å². The highest BCUT2D eigenvalue weighted by Crippen LogP contribution is 2.54. The predicted molar refractivity (Wildman–Crippen MR) is 177 cm³/mol. The summed E-state index contributed by atoms with van der Waals surface area (Å²) in [6.07, 6.45) is 2.04. The summed E-state index contributed by atoms with van der Waals surface area (Å²) >= 11 is 0. The number of aliphatic carboxylic acids is 1. The zero-order valence-electron chi connectivity index (χ0n) is 31.1. The summed E-state index contributed by atoms with van der Waals surface area (Å²) in [4.78, 5) is 11.9. The lowest BCUT2D eigenvalue weighted by atomic mass is 9.74. The number of rotatable bonds is 11. The molecule has 2 unspecified atom stereocenters. The van der Waals surface area contributed by atoms with Gasteiger partial charge in [-0.05, 0) is 65.2 Å². The molecule has 5 rings (SSSR count). The van der Waals surface area contributed by atoms with Gasteiger partial charge in [0.1, 0.15) is 6.10 Å². The van der Waals surface area contributed by atoms with Gasteiger partial charge in [-0.3, -0.25) is 4.79 Å². The first-order chi connectivity index (χ1) is 22.4. The molecule has 278 valence electrons. The Kier molecular flexibility index (Phi) is 11.1. The number of methoxy groups -OCH3 is 2. The predicted octanol–water partition coefficient (Wildman–Crippen LogP) is 4.93. The van der Waals surface area contributed by atoms with Crippen LogP contribution >= 0.6 is 0 Å². The molecular weight excluding hydrogens is 620 g/mol. The molecule has 0 saturated carbocycles. The smallest absolute Gasteiger partial charge is 0.308 e. The monoisotopic (exact) mass is 684 g/mol. The van der Waals surface area contributed by atoms with E-state index >= 15 is 0 Å². The lowest BCUT2D eigenvalue weighted by Gasteiger charge is -2.52. The number of carbonyl (C=O) groups is 1. The van der Waals surface area contributed by atoms with E-state index < -0.39 is 53.0 Å². The van der Waals surface area contributed by atoms with E-state index in [1.807, 2.05) is 27.7 Å². The summed E-state index contributed by atoms with van der Waals surface area (Å²) in [6.45, 7) is 17.9. The topological polar surface area (TPSA) is 142 Å². The molecule has 5 aliphatic rings. The number of carboxylic acids is 1. The zero-order valence-corrected chi connectivity index (χ0v) is 31.1. The van der Waals surface area contributed by atoms with E-state index in [4.69, 9.17) is 33.2 Å². The molecule has 0 amide bonds. The minimum absolute atomic E-state index is 0.00335. The van der Waals surface area contributed by atoms with Gasteiger partial charge in [-0.2, -0.15) is 0 Å². The lowest BCUT2D eigenvalue weighted by Crippen LogP contribution is -2.60. The Morgan fingerprint density at radius 2 is 1.65 bits per heavy atom. The average molecular weight is 685 g/mol. The van der Waals surface area contributed by atoms with Gasteiger partial charge in [0.05, 0.1) is 59.8 Å². The van der Waals surface area contributed by atoms with Crippen LogP contribution in [0.4, 0.5) is 0 Å². The van der Waals surface area contributed by atoms with Crippen molar-refractivity contribution in [2.45, 2.75) is 179 Å². The first-order valence-electron chi connectivity index (χ1n) is 18.5. The highest BCUT2D eigenvalue weighted by molar-refractivity contribution is 5.70. The molecule has 5 fully saturated rings. The van der Waals surface area contributed by atoms with E-state index in [9.17, 15) is 20.1 Å². The Morgan fingerprint density at radius 1 is 1.00 bits per heavy atom. The van der Waals surface area contributed by atoms with Crippen molar-refractivity contribution in [1.82, 2.24) is 0 Å². The molecule has 5 saturated heterocycles. The molecule has 0 aromatic carbocycles. The maximum Gasteiger partial charge on any atom is 0.308 e. The van der Waals surface area contributed by atoms with Gasteiger partial charge >= 0.3 is 5.97 Å². The van der Waals surface area contributed by atoms with Gasteiger partial charge in [-0.15, -0.1) is 0 Å². The average Bonchev–Trinajstić information content (AvgIpc) is 3.80. The van der Waals surface area contributed by atoms with Crippen molar-refractivity contribution in [1.29, 1.82) is 0 Å². The fourth-order valence-electron chi connectivity index (χ4n) is 10.4. The van der Waals surface area contributed by atoms with Crippen molar-refractivity contribution in [3.8, 4) is 0 Å². The van der Waals surface area contributed by atoms with Gasteiger partial charge in [0.25, 0.3) is 0 Å². The summed E-state index contributed by atoms with van der Waals surface area (Å²) in [5, 5.41) is 32.3. The Bertz CT molecular complexity index is 1140. The quantitative estimate of drug-likeness (QED) is 0.273. The van der Waals surface area contributed by atoms with Crippen molar-refractivity contribution >= 4 is 5.97 Å². The number of aliphatic hydroxyl groups excluding tert-OH is 1. The van der Waals surface area contributed by atoms with E-state index in [1.165, 1.54) is 0 Å². The van der Waals surface area contributed by atoms with Crippen LogP contribution in [0.2, 0.25) is 0 Å². The molecule has 0 bridgehead atoms. The number of hydrogen-bond acceptors (Lipinski definition) is 10. The summed E-state index contributed by atoms with van der Waals surface area (Å²) in [7, 11) is 3.28. The SMILES string of the molecule is CC[C@@H](O)[C@]1(C)C[C@H](C)[C@@](O)([C@H]2C[C@H](C)C([C@]3(C)CC[C@H]([C@@H]4CC[C@@]5(O[C@H]([C@@H](C)C(OC)[C@H](C)C(=O)O)[C@H](C)[C@@H](OC)[C@H]5C)O4)O3)O2)O1. The van der Waals surface area contributed by atoms with E-state index in [1.54, 1.807) is 21.1 Å². The van der Waals surface area contributed by atoms with Gasteiger partial charge in [-0.25, -0.2) is 0 Å². The van der Waals surface area contributed by atoms with Crippen LogP contribution in [0.5, 0.6) is 0 Å². The molecule has 0 aliphatic carbocycles. The van der Waals surface area contributed by atoms with Crippen LogP contribution in [0.3, 0.4) is 0 Å². The second-order valence-electron chi connectivity index (χ2n) is 16.6. The second kappa shape index (κ2) is 13.9. The summed E-state index contributed by atoms with van der Waals surface area (Å²) in [5.41, 5.74) is -1.39. The highest BCUT2D eigenvalue weighted by Gasteiger charge is 2.63. The molecule has 11 heteroatoms.